The molecule has 0 spiro atoms. The number of benzene rings is 2. The van der Waals surface area contributed by atoms with Crippen molar-refractivity contribution in [2.75, 3.05) is 10.2 Å². The van der Waals surface area contributed by atoms with Crippen molar-refractivity contribution in [3.63, 3.8) is 0 Å². The van der Waals surface area contributed by atoms with Crippen molar-refractivity contribution in [1.82, 2.24) is 0 Å². The summed E-state index contributed by atoms with van der Waals surface area (Å²) in [5.41, 5.74) is 2.27. The van der Waals surface area contributed by atoms with Crippen molar-refractivity contribution >= 4 is 34.9 Å². The fourth-order valence-electron chi connectivity index (χ4n) is 5.02. The molecule has 0 unspecified atom stereocenters. The maximum Gasteiger partial charge on any atom is 0.433 e. The van der Waals surface area contributed by atoms with Gasteiger partial charge in [0.1, 0.15) is 22.5 Å². The summed E-state index contributed by atoms with van der Waals surface area (Å²) in [6.07, 6.45) is -0.599. The van der Waals surface area contributed by atoms with E-state index in [1.807, 2.05) is 0 Å². The first kappa shape index (κ1) is 24.9. The molecule has 2 heterocycles. The first-order valence-electron chi connectivity index (χ1n) is 11.9. The molecule has 2 aromatic carbocycles. The highest BCUT2D eigenvalue weighted by Gasteiger charge is 2.43. The van der Waals surface area contributed by atoms with Gasteiger partial charge in [0, 0.05) is 30.1 Å². The molecule has 1 aliphatic heterocycles. The number of fused-ring (bicyclic) bond motifs is 1. The van der Waals surface area contributed by atoms with E-state index in [4.69, 9.17) is 4.42 Å². The van der Waals surface area contributed by atoms with E-state index in [1.165, 1.54) is 23.1 Å². The molecular formula is C27H21FN3O7-. The van der Waals surface area contributed by atoms with Gasteiger partial charge >= 0.3 is 5.88 Å². The number of ketones is 1. The topological polar surface area (TPSA) is 146 Å². The number of rotatable bonds is 6. The molecule has 0 radical (unpaired) electrons. The second-order valence-corrected chi connectivity index (χ2v) is 9.09. The smallest absolute Gasteiger partial charge is 0.433 e. The molecule has 3 aromatic rings. The highest BCUT2D eigenvalue weighted by Crippen LogP contribution is 2.48. The Bertz CT molecular complexity index is 1480. The summed E-state index contributed by atoms with van der Waals surface area (Å²) < 4.78 is 19.0. The number of Topliss-reactive ketones (excluding diaryl/α,β-unsaturated/α-hetero) is 1. The summed E-state index contributed by atoms with van der Waals surface area (Å²) in [5.74, 6) is -3.64. The number of aliphatic carboxylic acids is 1. The minimum absolute atomic E-state index is 0.0157. The van der Waals surface area contributed by atoms with Gasteiger partial charge in [0.15, 0.2) is 5.78 Å². The van der Waals surface area contributed by atoms with Crippen LogP contribution in [-0.2, 0) is 14.4 Å². The van der Waals surface area contributed by atoms with E-state index in [1.54, 1.807) is 36.4 Å². The number of nitrogens with zero attached hydrogens (tertiary/aromatic N) is 2. The Morgan fingerprint density at radius 1 is 1.05 bits per heavy atom. The molecule has 1 N–H and O–H groups in total. The number of nitro groups is 1. The van der Waals surface area contributed by atoms with E-state index in [9.17, 15) is 34.0 Å². The van der Waals surface area contributed by atoms with Crippen LogP contribution in [0.2, 0.25) is 0 Å². The summed E-state index contributed by atoms with van der Waals surface area (Å²) >= 11 is 0. The third kappa shape index (κ3) is 4.65. The molecule has 0 bridgehead atoms. The van der Waals surface area contributed by atoms with Gasteiger partial charge in [-0.15, -0.1) is 0 Å². The Hall–Kier alpha value is -4.80. The van der Waals surface area contributed by atoms with E-state index in [0.29, 0.717) is 23.5 Å². The molecule has 194 valence electrons. The number of nitrogens with one attached hydrogen (secondary N) is 1. The number of hydrogen-bond donors (Lipinski definition) is 1. The summed E-state index contributed by atoms with van der Waals surface area (Å²) in [6, 6.07) is 13.9. The normalized spacial score (nSPS) is 18.8. The molecule has 10 nitrogen and oxygen atoms in total. The molecule has 5 rings (SSSR count). The lowest BCUT2D eigenvalue weighted by atomic mass is 9.79. The van der Waals surface area contributed by atoms with Gasteiger partial charge in [-0.1, -0.05) is 24.3 Å². The molecule has 1 amide bonds. The zero-order valence-electron chi connectivity index (χ0n) is 19.9. The molecule has 1 aliphatic carbocycles. The van der Waals surface area contributed by atoms with Crippen LogP contribution < -0.4 is 15.3 Å². The Morgan fingerprint density at radius 3 is 2.47 bits per heavy atom. The van der Waals surface area contributed by atoms with Crippen molar-refractivity contribution in [1.29, 1.82) is 0 Å². The maximum absolute atomic E-state index is 13.8. The van der Waals surface area contributed by atoms with E-state index in [-0.39, 0.29) is 29.5 Å². The SMILES string of the molecule is O=C([O-])CCC(=O)N1c2ccccc2NC2=C(C(=O)C[C@@H](c3ccc(F)cc3)C2)[C@@H]1c1ccc([N+](=O)[O-])o1. The number of hydrogen-bond acceptors (Lipinski definition) is 8. The van der Waals surface area contributed by atoms with Crippen molar-refractivity contribution in [2.45, 2.75) is 37.6 Å². The van der Waals surface area contributed by atoms with Crippen molar-refractivity contribution in [3.8, 4) is 0 Å². The van der Waals surface area contributed by atoms with Crippen LogP contribution in [0.3, 0.4) is 0 Å². The fraction of sp³-hybridized carbons (Fsp3) is 0.222. The second kappa shape index (κ2) is 9.92. The van der Waals surface area contributed by atoms with Crippen LogP contribution in [0.15, 0.2) is 76.4 Å². The van der Waals surface area contributed by atoms with E-state index in [0.717, 1.165) is 11.6 Å². The first-order valence-corrected chi connectivity index (χ1v) is 11.9. The number of allylic oxidation sites excluding steroid dienone is 1. The maximum atomic E-state index is 13.8. The number of anilines is 2. The number of carbonyl (C=O) groups is 3. The number of carbonyl (C=O) groups excluding carboxylic acids is 3. The summed E-state index contributed by atoms with van der Waals surface area (Å²) in [4.78, 5) is 50.3. The summed E-state index contributed by atoms with van der Waals surface area (Å²) in [5, 5.41) is 25.8. The van der Waals surface area contributed by atoms with Crippen LogP contribution in [0.1, 0.15) is 49.0 Å². The molecule has 0 saturated carbocycles. The number of para-hydroxylation sites is 2. The van der Waals surface area contributed by atoms with Crippen molar-refractivity contribution < 1.29 is 33.2 Å². The third-order valence-corrected chi connectivity index (χ3v) is 6.70. The fourth-order valence-corrected chi connectivity index (χ4v) is 5.02. The molecule has 2 atom stereocenters. The first-order chi connectivity index (χ1) is 18.2. The second-order valence-electron chi connectivity index (χ2n) is 9.09. The van der Waals surface area contributed by atoms with Gasteiger partial charge in [-0.05, 0) is 54.7 Å². The lowest BCUT2D eigenvalue weighted by Crippen LogP contribution is -2.39. The molecule has 11 heteroatoms. The Morgan fingerprint density at radius 2 is 1.79 bits per heavy atom. The lowest BCUT2D eigenvalue weighted by molar-refractivity contribution is -0.402. The van der Waals surface area contributed by atoms with Gasteiger partial charge in [-0.2, -0.15) is 0 Å². The largest absolute Gasteiger partial charge is 0.550 e. The Labute approximate surface area is 215 Å². The number of amides is 1. The molecule has 0 fully saturated rings. The van der Waals surface area contributed by atoms with Crippen LogP contribution in [0.4, 0.5) is 21.6 Å². The minimum atomic E-state index is -1.42. The highest BCUT2D eigenvalue weighted by atomic mass is 19.1. The van der Waals surface area contributed by atoms with Gasteiger partial charge in [0.2, 0.25) is 5.91 Å². The van der Waals surface area contributed by atoms with E-state index < -0.39 is 47.4 Å². The molecule has 2 aliphatic rings. The number of furan rings is 1. The number of carboxylic acid groups (broad SMARTS) is 1. The average molecular weight is 518 g/mol. The Kier molecular flexibility index (Phi) is 6.50. The average Bonchev–Trinajstić information content (AvgIpc) is 3.32. The van der Waals surface area contributed by atoms with Crippen LogP contribution in [0.25, 0.3) is 0 Å². The van der Waals surface area contributed by atoms with E-state index >= 15 is 0 Å². The monoisotopic (exact) mass is 518 g/mol. The summed E-state index contributed by atoms with van der Waals surface area (Å²) in [6.45, 7) is 0. The number of carboxylic acids is 1. The van der Waals surface area contributed by atoms with Crippen molar-refractivity contribution in [2.24, 2.45) is 0 Å². The predicted molar refractivity (Wildman–Crippen MR) is 130 cm³/mol. The summed E-state index contributed by atoms with van der Waals surface area (Å²) in [7, 11) is 0. The van der Waals surface area contributed by atoms with Gasteiger partial charge in [-0.3, -0.25) is 24.6 Å². The van der Waals surface area contributed by atoms with Crippen molar-refractivity contribution in [3.05, 3.63) is 99.2 Å². The quantitative estimate of drug-likeness (QED) is 0.383. The van der Waals surface area contributed by atoms with Crippen LogP contribution >= 0.6 is 0 Å². The minimum Gasteiger partial charge on any atom is -0.550 e. The van der Waals surface area contributed by atoms with Gasteiger partial charge < -0.3 is 19.6 Å². The molecular weight excluding hydrogens is 497 g/mol. The zero-order chi connectivity index (χ0) is 27.0. The molecule has 0 saturated heterocycles. The standard InChI is InChI=1S/C27H22FN3O7/c28-17-7-5-15(6-8-17)16-13-19-26(21(32)14-16)27(22-9-11-24(38-22)31(36)37)30(23(33)10-12-25(34)35)20-4-2-1-3-18(20)29-19/h1-9,11,16,27,29H,10,12-14H2,(H,34,35)/p-1/t16-,27-/m0/s1. The van der Waals surface area contributed by atoms with Gasteiger partial charge in [0.25, 0.3) is 0 Å². The van der Waals surface area contributed by atoms with Gasteiger partial charge in [0.05, 0.1) is 17.4 Å². The molecule has 38 heavy (non-hydrogen) atoms. The predicted octanol–water partition coefficient (Wildman–Crippen LogP) is 3.76. The Balaban J connectivity index is 1.68. The van der Waals surface area contributed by atoms with Crippen LogP contribution in [-0.4, -0.2) is 22.6 Å². The lowest BCUT2D eigenvalue weighted by Gasteiger charge is -2.33. The van der Waals surface area contributed by atoms with Crippen LogP contribution in [0.5, 0.6) is 0 Å². The van der Waals surface area contributed by atoms with Crippen LogP contribution in [0, 0.1) is 15.9 Å². The third-order valence-electron chi connectivity index (χ3n) is 6.70. The van der Waals surface area contributed by atoms with E-state index in [2.05, 4.69) is 5.32 Å². The molecule has 1 aromatic heterocycles. The highest BCUT2D eigenvalue weighted by molar-refractivity contribution is 6.06. The van der Waals surface area contributed by atoms with Gasteiger partial charge in [-0.25, -0.2) is 4.39 Å². The number of halogens is 1. The zero-order valence-corrected chi connectivity index (χ0v) is 19.9.